The molecule has 0 amide bonds. The fraction of sp³-hybridized carbons (Fsp3) is 0.680. The standard InChI is InChI=1S/C25H40N6O7P2/c1-8-36-39(33,37-9-2)14-11-19-21(31(13-10-12-26)40(34,17(3)4)18(5)6)22(35-7)25(38-19)30-16-29-20-23(30)27-15-28-24(20)32/h11,14-19,21-22,25H,8-10,13H2,1-7H3,(H,27,28,32)/b14-11+/t19-,21-,22-,25-/m1/s1. The lowest BCUT2D eigenvalue weighted by Crippen LogP contribution is -2.48. The van der Waals surface area contributed by atoms with Crippen molar-refractivity contribution in [3.05, 3.63) is 34.9 Å². The van der Waals surface area contributed by atoms with E-state index in [2.05, 4.69) is 21.0 Å². The average molecular weight is 599 g/mol. The first kappa shape index (κ1) is 32.4. The van der Waals surface area contributed by atoms with Crippen molar-refractivity contribution >= 4 is 26.1 Å². The van der Waals surface area contributed by atoms with E-state index in [0.717, 1.165) is 0 Å². The number of aromatic amines is 1. The van der Waals surface area contributed by atoms with Crippen LogP contribution in [0.5, 0.6) is 0 Å². The van der Waals surface area contributed by atoms with Crippen LogP contribution in [0, 0.1) is 11.3 Å². The molecule has 0 unspecified atom stereocenters. The van der Waals surface area contributed by atoms with Crippen LogP contribution in [0.4, 0.5) is 0 Å². The molecule has 0 saturated carbocycles. The van der Waals surface area contributed by atoms with E-state index in [-0.39, 0.29) is 48.7 Å². The van der Waals surface area contributed by atoms with E-state index in [1.54, 1.807) is 24.5 Å². The number of H-pyrrole nitrogens is 1. The Labute approximate surface area is 234 Å². The third kappa shape index (κ3) is 6.34. The minimum atomic E-state index is -3.60. The molecule has 222 valence electrons. The fourth-order valence-corrected chi connectivity index (χ4v) is 10.1. The second-order valence-corrected chi connectivity index (χ2v) is 15.7. The highest BCUT2D eigenvalue weighted by molar-refractivity contribution is 7.62. The highest BCUT2D eigenvalue weighted by Crippen LogP contribution is 2.61. The van der Waals surface area contributed by atoms with Crippen LogP contribution in [0.1, 0.15) is 54.2 Å². The number of fused-ring (bicyclic) bond motifs is 1. The summed E-state index contributed by atoms with van der Waals surface area (Å²) >= 11 is 0. The summed E-state index contributed by atoms with van der Waals surface area (Å²) in [4.78, 5) is 23.4. The Morgan fingerprint density at radius 3 is 2.40 bits per heavy atom. The second kappa shape index (κ2) is 13.7. The fourth-order valence-electron chi connectivity index (χ4n) is 5.24. The van der Waals surface area contributed by atoms with Crippen LogP contribution < -0.4 is 5.56 Å². The Hall–Kier alpha value is -2.16. The molecule has 0 spiro atoms. The highest BCUT2D eigenvalue weighted by Gasteiger charge is 2.53. The van der Waals surface area contributed by atoms with Crippen LogP contribution in [-0.2, 0) is 27.7 Å². The van der Waals surface area contributed by atoms with E-state index in [4.69, 9.17) is 18.5 Å². The second-order valence-electron chi connectivity index (χ2n) is 9.89. The molecule has 4 atom stereocenters. The van der Waals surface area contributed by atoms with Crippen molar-refractivity contribution in [3.63, 3.8) is 0 Å². The number of aromatic nitrogens is 4. The molecule has 1 aliphatic heterocycles. The lowest BCUT2D eigenvalue weighted by Gasteiger charge is -2.43. The van der Waals surface area contributed by atoms with Crippen LogP contribution in [0.25, 0.3) is 11.2 Å². The van der Waals surface area contributed by atoms with Crippen LogP contribution in [0.3, 0.4) is 0 Å². The lowest BCUT2D eigenvalue weighted by atomic mass is 10.1. The molecule has 1 aliphatic rings. The number of nitrogens with one attached hydrogen (secondary N) is 1. The van der Waals surface area contributed by atoms with E-state index in [1.165, 1.54) is 25.6 Å². The van der Waals surface area contributed by atoms with Gasteiger partial charge in [-0.2, -0.15) is 5.26 Å². The number of nitrogens with zero attached hydrogens (tertiary/aromatic N) is 5. The lowest BCUT2D eigenvalue weighted by molar-refractivity contribution is -0.0403. The molecular weight excluding hydrogens is 558 g/mol. The predicted molar refractivity (Wildman–Crippen MR) is 151 cm³/mol. The van der Waals surface area contributed by atoms with Gasteiger partial charge in [0.15, 0.2) is 24.7 Å². The van der Waals surface area contributed by atoms with Crippen molar-refractivity contribution in [2.24, 2.45) is 0 Å². The van der Waals surface area contributed by atoms with E-state index in [1.807, 2.05) is 32.4 Å². The molecular formula is C25H40N6O7P2. The van der Waals surface area contributed by atoms with Crippen molar-refractivity contribution in [3.8, 4) is 6.07 Å². The van der Waals surface area contributed by atoms with Gasteiger partial charge in [0.05, 0.1) is 44.1 Å². The Morgan fingerprint density at radius 1 is 1.20 bits per heavy atom. The van der Waals surface area contributed by atoms with E-state index < -0.39 is 44.9 Å². The van der Waals surface area contributed by atoms with Gasteiger partial charge in [-0.25, -0.2) is 14.6 Å². The van der Waals surface area contributed by atoms with E-state index >= 15 is 0 Å². The van der Waals surface area contributed by atoms with Gasteiger partial charge in [0.2, 0.25) is 0 Å². The molecule has 40 heavy (non-hydrogen) atoms. The van der Waals surface area contributed by atoms with Gasteiger partial charge in [-0.1, -0.05) is 27.7 Å². The average Bonchev–Trinajstić information content (AvgIpc) is 3.49. The topological polar surface area (TPSA) is 162 Å². The van der Waals surface area contributed by atoms with Gasteiger partial charge in [-0.05, 0) is 19.9 Å². The maximum atomic E-state index is 14.8. The predicted octanol–water partition coefficient (Wildman–Crippen LogP) is 4.49. The molecule has 2 aromatic rings. The van der Waals surface area contributed by atoms with Crippen molar-refractivity contribution in [1.82, 2.24) is 24.2 Å². The summed E-state index contributed by atoms with van der Waals surface area (Å²) in [5.41, 5.74) is -0.463. The zero-order chi connectivity index (χ0) is 29.7. The van der Waals surface area contributed by atoms with Crippen LogP contribution in [0.2, 0.25) is 0 Å². The Bertz CT molecular complexity index is 1350. The van der Waals surface area contributed by atoms with Gasteiger partial charge in [-0.3, -0.25) is 13.9 Å². The van der Waals surface area contributed by atoms with Crippen LogP contribution in [0.15, 0.2) is 29.3 Å². The largest absolute Gasteiger partial charge is 0.375 e. The zero-order valence-corrected chi connectivity index (χ0v) is 25.9. The molecule has 1 saturated heterocycles. The van der Waals surface area contributed by atoms with Gasteiger partial charge in [0.1, 0.15) is 6.10 Å². The SMILES string of the molecule is CCOP(=O)(/C=C/[C@H]1O[C@@H](n2cnc3c(=O)[nH]cnc32)[C@H](OC)[C@@H]1N(CCC#N)P(=O)(C(C)C)C(C)C)OCC. The number of nitriles is 1. The van der Waals surface area contributed by atoms with Gasteiger partial charge < -0.3 is 28.1 Å². The van der Waals surface area contributed by atoms with E-state index in [0.29, 0.717) is 0 Å². The number of hydrogen-bond acceptors (Lipinski definition) is 10. The summed E-state index contributed by atoms with van der Waals surface area (Å²) in [7, 11) is -5.21. The summed E-state index contributed by atoms with van der Waals surface area (Å²) in [6.45, 7) is 11.6. The molecule has 1 N–H and O–H groups in total. The molecule has 0 aromatic carbocycles. The molecule has 1 fully saturated rings. The monoisotopic (exact) mass is 598 g/mol. The highest BCUT2D eigenvalue weighted by atomic mass is 31.2. The summed E-state index contributed by atoms with van der Waals surface area (Å²) in [6.07, 6.45) is 2.04. The smallest absolute Gasteiger partial charge is 0.353 e. The Balaban J connectivity index is 2.22. The zero-order valence-electron chi connectivity index (χ0n) is 24.1. The first-order valence-electron chi connectivity index (χ1n) is 13.4. The number of methoxy groups -OCH3 is 1. The molecule has 15 heteroatoms. The van der Waals surface area contributed by atoms with Gasteiger partial charge in [0.25, 0.3) is 5.56 Å². The number of hydrogen-bond donors (Lipinski definition) is 1. The van der Waals surface area contributed by atoms with Gasteiger partial charge >= 0.3 is 7.60 Å². The molecule has 0 radical (unpaired) electrons. The molecule has 3 heterocycles. The summed E-state index contributed by atoms with van der Waals surface area (Å²) < 4.78 is 54.9. The maximum absolute atomic E-state index is 14.8. The first-order valence-corrected chi connectivity index (χ1v) is 16.8. The van der Waals surface area contributed by atoms with Crippen LogP contribution in [-0.4, -0.2) is 80.6 Å². The normalized spacial score (nSPS) is 22.3. The van der Waals surface area contributed by atoms with Crippen molar-refractivity contribution in [2.45, 2.75) is 83.8 Å². The Kier molecular flexibility index (Phi) is 11.1. The summed E-state index contributed by atoms with van der Waals surface area (Å²) in [5, 5.41) is 9.50. The summed E-state index contributed by atoms with van der Waals surface area (Å²) in [6, 6.07) is 1.49. The third-order valence-corrected chi connectivity index (χ3v) is 12.9. The third-order valence-electron chi connectivity index (χ3n) is 6.92. The number of imidazole rings is 1. The first-order chi connectivity index (χ1) is 19.0. The molecule has 0 bridgehead atoms. The quantitative estimate of drug-likeness (QED) is 0.305. The van der Waals surface area contributed by atoms with Gasteiger partial charge in [0, 0.05) is 37.2 Å². The van der Waals surface area contributed by atoms with E-state index in [9.17, 15) is 19.2 Å². The molecule has 13 nitrogen and oxygen atoms in total. The minimum absolute atomic E-state index is 0.124. The van der Waals surface area contributed by atoms with Crippen molar-refractivity contribution in [1.29, 1.82) is 5.26 Å². The van der Waals surface area contributed by atoms with Crippen molar-refractivity contribution < 1.29 is 27.7 Å². The molecule has 3 rings (SSSR count). The number of rotatable bonds is 14. The molecule has 2 aromatic heterocycles. The van der Waals surface area contributed by atoms with Crippen molar-refractivity contribution in [2.75, 3.05) is 26.9 Å². The maximum Gasteiger partial charge on any atom is 0.353 e. The summed E-state index contributed by atoms with van der Waals surface area (Å²) in [5.74, 6) is 1.36. The number of ether oxygens (including phenoxy) is 2. The van der Waals surface area contributed by atoms with Gasteiger partial charge in [-0.15, -0.1) is 0 Å². The van der Waals surface area contributed by atoms with Crippen LogP contribution >= 0.6 is 14.9 Å². The Morgan fingerprint density at radius 2 is 1.85 bits per heavy atom. The molecule has 0 aliphatic carbocycles. The minimum Gasteiger partial charge on any atom is -0.375 e.